The Balaban J connectivity index is 1.50. The second-order valence-corrected chi connectivity index (χ2v) is 10.5. The molecule has 0 bridgehead atoms. The molecular weight excluding hydrogens is 496 g/mol. The van der Waals surface area contributed by atoms with Gasteiger partial charge in [0.15, 0.2) is 29.1 Å². The highest BCUT2D eigenvalue weighted by molar-refractivity contribution is 5.69. The summed E-state index contributed by atoms with van der Waals surface area (Å²) in [6.45, 7) is 9.22. The van der Waals surface area contributed by atoms with Crippen molar-refractivity contribution in [3.8, 4) is 6.07 Å². The molecule has 2 aromatic rings. The number of rotatable bonds is 8. The summed E-state index contributed by atoms with van der Waals surface area (Å²) in [5.74, 6) is -0.877. The van der Waals surface area contributed by atoms with E-state index < -0.39 is 29.4 Å². The molecule has 1 saturated carbocycles. The maximum Gasteiger partial charge on any atom is 0.407 e. The van der Waals surface area contributed by atoms with Crippen molar-refractivity contribution < 1.29 is 23.0 Å². The number of amides is 1. The number of nitrogens with zero attached hydrogens (tertiary/aromatic N) is 4. The van der Waals surface area contributed by atoms with Gasteiger partial charge in [0.25, 0.3) is 0 Å². The highest BCUT2D eigenvalue weighted by atomic mass is 19.1. The maximum absolute atomic E-state index is 14.9. The fraction of sp³-hybridized carbons (Fsp3) is 0.538. The molecule has 1 saturated heterocycles. The Hall–Kier alpha value is -3.72. The minimum Gasteiger partial charge on any atom is -0.444 e. The Morgan fingerprint density at radius 1 is 1.21 bits per heavy atom. The van der Waals surface area contributed by atoms with Crippen LogP contribution in [0, 0.1) is 28.9 Å². The van der Waals surface area contributed by atoms with Gasteiger partial charge >= 0.3 is 6.09 Å². The molecule has 4 rings (SSSR count). The van der Waals surface area contributed by atoms with Crippen LogP contribution in [0.1, 0.15) is 46.1 Å². The summed E-state index contributed by atoms with van der Waals surface area (Å²) in [6, 6.07) is 3.51. The van der Waals surface area contributed by atoms with Crippen LogP contribution in [0.4, 0.5) is 36.7 Å². The van der Waals surface area contributed by atoms with Crippen molar-refractivity contribution in [3.63, 3.8) is 0 Å². The molecule has 1 aliphatic carbocycles. The smallest absolute Gasteiger partial charge is 0.407 e. The summed E-state index contributed by atoms with van der Waals surface area (Å²) < 4.78 is 40.4. The zero-order valence-electron chi connectivity index (χ0n) is 22.0. The van der Waals surface area contributed by atoms with E-state index in [0.29, 0.717) is 26.3 Å². The molecular formula is C26H33F2N7O3. The number of hydrogen-bond donors (Lipinski definition) is 3. The predicted molar refractivity (Wildman–Crippen MR) is 138 cm³/mol. The summed E-state index contributed by atoms with van der Waals surface area (Å²) in [6.07, 6.45) is 2.75. The highest BCUT2D eigenvalue weighted by Crippen LogP contribution is 2.35. The zero-order valence-corrected chi connectivity index (χ0v) is 22.0. The van der Waals surface area contributed by atoms with Crippen molar-refractivity contribution in [2.24, 2.45) is 5.92 Å². The van der Waals surface area contributed by atoms with E-state index >= 15 is 0 Å². The zero-order chi connectivity index (χ0) is 27.4. The van der Waals surface area contributed by atoms with E-state index in [4.69, 9.17) is 9.47 Å². The lowest BCUT2D eigenvalue weighted by molar-refractivity contribution is 0.0493. The normalized spacial score (nSPS) is 17.2. The van der Waals surface area contributed by atoms with Gasteiger partial charge in [0, 0.05) is 25.2 Å². The van der Waals surface area contributed by atoms with Crippen LogP contribution in [0.5, 0.6) is 0 Å². The molecule has 2 aromatic heterocycles. The Kier molecular flexibility index (Phi) is 8.16. The van der Waals surface area contributed by atoms with E-state index in [0.717, 1.165) is 18.9 Å². The molecule has 38 heavy (non-hydrogen) atoms. The number of ether oxygens (including phenoxy) is 2. The molecule has 1 aliphatic heterocycles. The fourth-order valence-electron chi connectivity index (χ4n) is 4.27. The van der Waals surface area contributed by atoms with Crippen LogP contribution >= 0.6 is 0 Å². The molecule has 204 valence electrons. The summed E-state index contributed by atoms with van der Waals surface area (Å²) in [4.78, 5) is 22.7. The average molecular weight is 530 g/mol. The standard InChI is InChI=1S/C26H33F2N7O3/c1-15(21(16-5-6-16)33-25(36)38-26(2,3)4)31-23-19(27)11-17(13-29)22(34-23)32-18-12-20(28)24(30-14-18)35-7-9-37-10-8-35/h11-12,14-16,21H,5-10H2,1-4H3,(H,33,36)(H2,31,32,34)/t15-,21-/m1/s1. The average Bonchev–Trinajstić information content (AvgIpc) is 3.69. The van der Waals surface area contributed by atoms with Crippen molar-refractivity contribution in [2.75, 3.05) is 41.8 Å². The third-order valence-corrected chi connectivity index (χ3v) is 6.21. The molecule has 0 aromatic carbocycles. The summed E-state index contributed by atoms with van der Waals surface area (Å²) in [5, 5.41) is 18.3. The number of nitriles is 1. The molecule has 2 aliphatic rings. The third kappa shape index (κ3) is 6.98. The number of anilines is 4. The summed E-state index contributed by atoms with van der Waals surface area (Å²) >= 11 is 0. The minimum atomic E-state index is -0.724. The van der Waals surface area contributed by atoms with Gasteiger partial charge in [-0.05, 0) is 52.5 Å². The lowest BCUT2D eigenvalue weighted by Crippen LogP contribution is -2.48. The van der Waals surface area contributed by atoms with Gasteiger partial charge in [0.2, 0.25) is 0 Å². The molecule has 0 spiro atoms. The molecule has 0 radical (unpaired) electrons. The largest absolute Gasteiger partial charge is 0.444 e. The second-order valence-electron chi connectivity index (χ2n) is 10.5. The van der Waals surface area contributed by atoms with Crippen molar-refractivity contribution in [3.05, 3.63) is 35.5 Å². The van der Waals surface area contributed by atoms with Crippen molar-refractivity contribution in [1.82, 2.24) is 15.3 Å². The highest BCUT2D eigenvalue weighted by Gasteiger charge is 2.37. The molecule has 0 unspecified atom stereocenters. The Labute approximate surface area is 220 Å². The van der Waals surface area contributed by atoms with Crippen molar-refractivity contribution in [2.45, 2.75) is 58.2 Å². The van der Waals surface area contributed by atoms with Gasteiger partial charge in [0.05, 0.1) is 36.7 Å². The maximum atomic E-state index is 14.9. The third-order valence-electron chi connectivity index (χ3n) is 6.21. The van der Waals surface area contributed by atoms with E-state index in [-0.39, 0.29) is 40.7 Å². The number of halogens is 2. The van der Waals surface area contributed by atoms with Crippen LogP contribution in [0.2, 0.25) is 0 Å². The monoisotopic (exact) mass is 529 g/mol. The molecule has 2 fully saturated rings. The Morgan fingerprint density at radius 3 is 2.53 bits per heavy atom. The number of aromatic nitrogens is 2. The number of nitrogens with one attached hydrogen (secondary N) is 3. The molecule has 2 atom stereocenters. The van der Waals surface area contributed by atoms with Gasteiger partial charge in [0.1, 0.15) is 11.7 Å². The van der Waals surface area contributed by atoms with Gasteiger partial charge < -0.3 is 30.3 Å². The molecule has 3 N–H and O–H groups in total. The Morgan fingerprint density at radius 2 is 1.92 bits per heavy atom. The lowest BCUT2D eigenvalue weighted by atomic mass is 10.1. The number of carbonyl (C=O) groups excluding carboxylic acids is 1. The molecule has 1 amide bonds. The van der Waals surface area contributed by atoms with Crippen LogP contribution in [0.3, 0.4) is 0 Å². The molecule has 10 nitrogen and oxygen atoms in total. The van der Waals surface area contributed by atoms with Crippen molar-refractivity contribution in [1.29, 1.82) is 5.26 Å². The van der Waals surface area contributed by atoms with Gasteiger partial charge in [-0.3, -0.25) is 0 Å². The first-order valence-corrected chi connectivity index (χ1v) is 12.7. The van der Waals surface area contributed by atoms with Gasteiger partial charge in [-0.25, -0.2) is 23.5 Å². The van der Waals surface area contributed by atoms with Crippen LogP contribution in [0.25, 0.3) is 0 Å². The second kappa shape index (κ2) is 11.3. The number of alkyl carbamates (subject to hydrolysis) is 1. The number of hydrogen-bond acceptors (Lipinski definition) is 9. The van der Waals surface area contributed by atoms with E-state index in [1.54, 1.807) is 25.7 Å². The SMILES string of the molecule is C[C@@H](Nc1nc(Nc2cnc(N3CCOCC3)c(F)c2)c(C#N)cc1F)[C@@H](NC(=O)OC(C)(C)C)C1CC1. The van der Waals surface area contributed by atoms with Crippen LogP contribution < -0.4 is 20.9 Å². The van der Waals surface area contributed by atoms with E-state index in [1.165, 1.54) is 12.3 Å². The summed E-state index contributed by atoms with van der Waals surface area (Å²) in [7, 11) is 0. The predicted octanol–water partition coefficient (Wildman–Crippen LogP) is 4.31. The van der Waals surface area contributed by atoms with Gasteiger partial charge in [-0.15, -0.1) is 0 Å². The van der Waals surface area contributed by atoms with Crippen LogP contribution in [0.15, 0.2) is 18.3 Å². The van der Waals surface area contributed by atoms with Gasteiger partial charge in [-0.2, -0.15) is 5.26 Å². The molecule has 12 heteroatoms. The first-order valence-electron chi connectivity index (χ1n) is 12.7. The lowest BCUT2D eigenvalue weighted by Gasteiger charge is -2.28. The first kappa shape index (κ1) is 27.3. The van der Waals surface area contributed by atoms with Crippen LogP contribution in [-0.2, 0) is 9.47 Å². The van der Waals surface area contributed by atoms with E-state index in [2.05, 4.69) is 25.9 Å². The topological polar surface area (TPSA) is 124 Å². The number of morpholine rings is 1. The molecule has 3 heterocycles. The van der Waals surface area contributed by atoms with E-state index in [1.807, 2.05) is 13.0 Å². The van der Waals surface area contributed by atoms with E-state index in [9.17, 15) is 18.8 Å². The van der Waals surface area contributed by atoms with Gasteiger partial charge in [-0.1, -0.05) is 0 Å². The van der Waals surface area contributed by atoms with Crippen LogP contribution in [-0.4, -0.2) is 60.0 Å². The number of carbonyl (C=O) groups is 1. The first-order chi connectivity index (χ1) is 18.0. The number of pyridine rings is 2. The fourth-order valence-corrected chi connectivity index (χ4v) is 4.27. The van der Waals surface area contributed by atoms with Crippen molar-refractivity contribution >= 4 is 29.2 Å². The summed E-state index contributed by atoms with van der Waals surface area (Å²) in [5.41, 5.74) is -0.439. The minimum absolute atomic E-state index is 0.0481. The quantitative estimate of drug-likeness (QED) is 0.459. The Bertz CT molecular complexity index is 1200.